The van der Waals surface area contributed by atoms with Crippen molar-refractivity contribution in [3.63, 3.8) is 0 Å². The van der Waals surface area contributed by atoms with Gasteiger partial charge in [0.25, 0.3) is 5.91 Å². The summed E-state index contributed by atoms with van der Waals surface area (Å²) in [6.45, 7) is 2.49. The summed E-state index contributed by atoms with van der Waals surface area (Å²) in [4.78, 5) is 14.9. The molecule has 0 saturated carbocycles. The van der Waals surface area contributed by atoms with Gasteiger partial charge in [0, 0.05) is 47.1 Å². The zero-order valence-corrected chi connectivity index (χ0v) is 19.1. The number of hydrogen-bond donors (Lipinski definition) is 1. The van der Waals surface area contributed by atoms with Gasteiger partial charge < -0.3 is 19.8 Å². The Labute approximate surface area is 197 Å². The number of piperidine rings is 1. The molecule has 5 rings (SSSR count). The first-order chi connectivity index (χ1) is 15.5. The maximum Gasteiger partial charge on any atom is 0.289 e. The molecule has 3 heterocycles. The van der Waals surface area contributed by atoms with E-state index in [1.807, 2.05) is 35.2 Å². The predicted octanol–water partition coefficient (Wildman–Crippen LogP) is 5.20. The first-order valence-electron chi connectivity index (χ1n) is 10.7. The molecule has 166 valence electrons. The van der Waals surface area contributed by atoms with E-state index in [4.69, 9.17) is 38.1 Å². The van der Waals surface area contributed by atoms with Crippen LogP contribution in [-0.2, 0) is 18.4 Å². The maximum atomic E-state index is 13.1. The lowest BCUT2D eigenvalue weighted by Gasteiger charge is -2.38. The monoisotopic (exact) mass is 470 g/mol. The summed E-state index contributed by atoms with van der Waals surface area (Å²) >= 11 is 12.2. The van der Waals surface area contributed by atoms with Gasteiger partial charge in [-0.2, -0.15) is 0 Å². The summed E-state index contributed by atoms with van der Waals surface area (Å²) in [6.07, 6.45) is 2.23. The zero-order valence-electron chi connectivity index (χ0n) is 17.6. The van der Waals surface area contributed by atoms with Crippen LogP contribution in [-0.4, -0.2) is 30.5 Å². The molecule has 1 aromatic heterocycles. The summed E-state index contributed by atoms with van der Waals surface area (Å²) < 4.78 is 11.8. The molecular formula is C25H24Cl2N2O3. The highest BCUT2D eigenvalue weighted by Crippen LogP contribution is 2.46. The topological polar surface area (TPSA) is 68.7 Å². The Balaban J connectivity index is 1.26. The lowest BCUT2D eigenvalue weighted by Crippen LogP contribution is -2.46. The lowest BCUT2D eigenvalue weighted by atomic mass is 9.74. The first kappa shape index (κ1) is 21.4. The number of ether oxygens (including phenoxy) is 1. The average molecular weight is 471 g/mol. The van der Waals surface area contributed by atoms with Crippen LogP contribution in [0.3, 0.4) is 0 Å². The Bertz CT molecular complexity index is 1150. The first-order valence-corrected chi connectivity index (χ1v) is 11.5. The second kappa shape index (κ2) is 8.47. The van der Waals surface area contributed by atoms with Crippen molar-refractivity contribution in [2.75, 3.05) is 19.7 Å². The Morgan fingerprint density at radius 2 is 1.75 bits per heavy atom. The smallest absolute Gasteiger partial charge is 0.289 e. The molecule has 0 unspecified atom stereocenters. The fourth-order valence-corrected chi connectivity index (χ4v) is 5.32. The third-order valence-corrected chi connectivity index (χ3v) is 6.97. The van der Waals surface area contributed by atoms with Crippen LogP contribution in [0.25, 0.3) is 0 Å². The minimum atomic E-state index is -0.0786. The minimum absolute atomic E-state index is 0.0442. The van der Waals surface area contributed by atoms with Crippen LogP contribution in [0.2, 0.25) is 10.0 Å². The number of amides is 1. The summed E-state index contributed by atoms with van der Waals surface area (Å²) in [5.74, 6) is 1.93. The number of likely N-dealkylation sites (tertiary alicyclic amines) is 1. The number of rotatable bonds is 4. The van der Waals surface area contributed by atoms with Crippen molar-refractivity contribution in [1.29, 1.82) is 0 Å². The Morgan fingerprint density at radius 1 is 1.00 bits per heavy atom. The molecule has 0 radical (unpaired) electrons. The highest BCUT2D eigenvalue weighted by molar-refractivity contribution is 6.34. The van der Waals surface area contributed by atoms with Gasteiger partial charge in [-0.25, -0.2) is 0 Å². The van der Waals surface area contributed by atoms with Crippen LogP contribution in [0.5, 0.6) is 5.75 Å². The van der Waals surface area contributed by atoms with Crippen molar-refractivity contribution in [3.8, 4) is 5.75 Å². The molecule has 2 aliphatic heterocycles. The molecule has 5 nitrogen and oxygen atoms in total. The molecule has 0 atom stereocenters. The largest absolute Gasteiger partial charge is 0.492 e. The van der Waals surface area contributed by atoms with Gasteiger partial charge in [-0.15, -0.1) is 0 Å². The maximum absolute atomic E-state index is 13.1. The Kier molecular flexibility index (Phi) is 5.66. The number of carbonyl (C=O) groups excluding carboxylic acids is 1. The van der Waals surface area contributed by atoms with Crippen molar-refractivity contribution < 1.29 is 13.9 Å². The molecule has 0 aliphatic carbocycles. The second-order valence-corrected chi connectivity index (χ2v) is 9.49. The van der Waals surface area contributed by atoms with Crippen LogP contribution in [0.15, 0.2) is 52.9 Å². The van der Waals surface area contributed by atoms with Gasteiger partial charge in [0.15, 0.2) is 5.76 Å². The van der Waals surface area contributed by atoms with Crippen LogP contribution < -0.4 is 10.5 Å². The molecule has 2 N–H and O–H groups in total. The molecule has 2 aliphatic rings. The summed E-state index contributed by atoms with van der Waals surface area (Å²) in [5.41, 5.74) is 9.07. The SMILES string of the molecule is NCc1ccc2c(c1)C1(CCN(C(=O)c3ccc(Cc4cc(Cl)cc(Cl)c4)o3)CC1)CO2. The standard InChI is InChI=1S/C25H24Cl2N2O3/c26-18-9-17(10-19(27)13-18)11-20-2-4-23(32-20)24(30)29-7-5-25(6-8-29)15-31-22-3-1-16(14-28)12-21(22)25/h1-4,9-10,12-13H,5-8,11,14-15,28H2. The normalized spacial score (nSPS) is 16.8. The Hall–Kier alpha value is -2.47. The number of carbonyl (C=O) groups is 1. The summed E-state index contributed by atoms with van der Waals surface area (Å²) in [6, 6.07) is 15.2. The third-order valence-electron chi connectivity index (χ3n) is 6.54. The van der Waals surface area contributed by atoms with Gasteiger partial charge in [0.05, 0.1) is 6.61 Å². The molecule has 1 spiro atoms. The molecule has 2 aromatic carbocycles. The van der Waals surface area contributed by atoms with Crippen LogP contribution in [0, 0.1) is 0 Å². The van der Waals surface area contributed by atoms with Gasteiger partial charge >= 0.3 is 0 Å². The predicted molar refractivity (Wildman–Crippen MR) is 125 cm³/mol. The van der Waals surface area contributed by atoms with Crippen molar-refractivity contribution in [1.82, 2.24) is 4.90 Å². The Morgan fingerprint density at radius 3 is 2.47 bits per heavy atom. The number of fused-ring (bicyclic) bond motifs is 2. The number of benzene rings is 2. The van der Waals surface area contributed by atoms with Gasteiger partial charge in [0.2, 0.25) is 0 Å². The molecular weight excluding hydrogens is 447 g/mol. The highest BCUT2D eigenvalue weighted by Gasteiger charge is 2.44. The number of nitrogens with two attached hydrogens (primary N) is 1. The molecule has 1 fully saturated rings. The van der Waals surface area contributed by atoms with Crippen molar-refractivity contribution >= 4 is 29.1 Å². The van der Waals surface area contributed by atoms with E-state index in [9.17, 15) is 4.79 Å². The average Bonchev–Trinajstić information content (AvgIpc) is 3.38. The van der Waals surface area contributed by atoms with E-state index < -0.39 is 0 Å². The van der Waals surface area contributed by atoms with Crippen molar-refractivity contribution in [2.45, 2.75) is 31.2 Å². The number of halogens is 2. The third kappa shape index (κ3) is 4.01. The molecule has 1 amide bonds. The van der Waals surface area contributed by atoms with Crippen molar-refractivity contribution in [3.05, 3.63) is 86.8 Å². The molecule has 0 bridgehead atoms. The van der Waals surface area contributed by atoms with E-state index in [1.54, 1.807) is 12.1 Å². The fourth-order valence-electron chi connectivity index (χ4n) is 4.75. The molecule has 7 heteroatoms. The van der Waals surface area contributed by atoms with E-state index in [0.717, 1.165) is 29.7 Å². The second-order valence-electron chi connectivity index (χ2n) is 8.62. The van der Waals surface area contributed by atoms with E-state index >= 15 is 0 Å². The van der Waals surface area contributed by atoms with Gasteiger partial charge in [0.1, 0.15) is 11.5 Å². The van der Waals surface area contributed by atoms with E-state index in [1.165, 1.54) is 5.56 Å². The van der Waals surface area contributed by atoms with Crippen LogP contribution in [0.4, 0.5) is 0 Å². The van der Waals surface area contributed by atoms with E-state index in [0.29, 0.717) is 54.2 Å². The number of nitrogens with zero attached hydrogens (tertiary/aromatic N) is 1. The zero-order chi connectivity index (χ0) is 22.3. The van der Waals surface area contributed by atoms with Crippen molar-refractivity contribution in [2.24, 2.45) is 5.73 Å². The lowest BCUT2D eigenvalue weighted by molar-refractivity contribution is 0.0614. The number of furan rings is 1. The van der Waals surface area contributed by atoms with Gasteiger partial charge in [-0.3, -0.25) is 4.79 Å². The summed E-state index contributed by atoms with van der Waals surface area (Å²) in [7, 11) is 0. The van der Waals surface area contributed by atoms with Gasteiger partial charge in [-0.1, -0.05) is 35.3 Å². The fraction of sp³-hybridized carbons (Fsp3) is 0.320. The molecule has 3 aromatic rings. The highest BCUT2D eigenvalue weighted by atomic mass is 35.5. The number of hydrogen-bond acceptors (Lipinski definition) is 4. The minimum Gasteiger partial charge on any atom is -0.492 e. The quantitative estimate of drug-likeness (QED) is 0.568. The van der Waals surface area contributed by atoms with Gasteiger partial charge in [-0.05, 0) is 60.4 Å². The van der Waals surface area contributed by atoms with E-state index in [-0.39, 0.29) is 11.3 Å². The summed E-state index contributed by atoms with van der Waals surface area (Å²) in [5, 5.41) is 1.15. The van der Waals surface area contributed by atoms with E-state index in [2.05, 4.69) is 6.07 Å². The molecule has 1 saturated heterocycles. The van der Waals surface area contributed by atoms with Crippen LogP contribution >= 0.6 is 23.2 Å². The van der Waals surface area contributed by atoms with Crippen LogP contribution in [0.1, 0.15) is 45.8 Å². The molecule has 32 heavy (non-hydrogen) atoms.